The molecule has 1 aromatic rings. The van der Waals surface area contributed by atoms with Gasteiger partial charge in [0.05, 0.1) is 19.6 Å². The average molecular weight is 1080 g/mol. The molecule has 0 aromatic heterocycles. The maximum Gasteiger partial charge on any atom is 0.305 e. The van der Waals surface area contributed by atoms with E-state index in [9.17, 15) is 53.1 Å². The highest BCUT2D eigenvalue weighted by atomic mass is 33.1. The van der Waals surface area contributed by atoms with Gasteiger partial charge in [-0.2, -0.15) is 11.8 Å². The Labute approximate surface area is 437 Å². The van der Waals surface area contributed by atoms with Crippen LogP contribution in [0.5, 0.6) is 0 Å². The molecule has 9 amide bonds. The Bertz CT molecular complexity index is 2010. The summed E-state index contributed by atoms with van der Waals surface area (Å²) in [4.78, 5) is 140. The molecule has 73 heavy (non-hydrogen) atoms. The smallest absolute Gasteiger partial charge is 0.305 e. The van der Waals surface area contributed by atoms with Gasteiger partial charge >= 0.3 is 5.97 Å². The van der Waals surface area contributed by atoms with Crippen molar-refractivity contribution in [3.05, 3.63) is 35.9 Å². The molecule has 25 nitrogen and oxygen atoms in total. The van der Waals surface area contributed by atoms with Crippen molar-refractivity contribution in [1.82, 2.24) is 47.9 Å². The summed E-state index contributed by atoms with van der Waals surface area (Å²) < 4.78 is 5.52. The van der Waals surface area contributed by atoms with E-state index in [0.717, 1.165) is 39.8 Å². The van der Waals surface area contributed by atoms with Gasteiger partial charge in [-0.25, -0.2) is 0 Å². The van der Waals surface area contributed by atoms with Crippen LogP contribution in [0.15, 0.2) is 35.3 Å². The molecule has 0 spiro atoms. The van der Waals surface area contributed by atoms with Crippen molar-refractivity contribution in [1.29, 1.82) is 0 Å². The summed E-state index contributed by atoms with van der Waals surface area (Å²) in [6.45, 7) is 3.79. The number of carboxylic acid groups (broad SMARTS) is 1. The fourth-order valence-corrected chi connectivity index (χ4v) is 9.63. The van der Waals surface area contributed by atoms with E-state index in [-0.39, 0.29) is 75.0 Å². The molecule has 1 saturated heterocycles. The van der Waals surface area contributed by atoms with Crippen LogP contribution in [0.25, 0.3) is 0 Å². The first-order valence-corrected chi connectivity index (χ1v) is 27.8. The molecule has 1 aliphatic rings. The van der Waals surface area contributed by atoms with E-state index in [0.29, 0.717) is 31.6 Å². The number of aliphatic imine (C=N–C) groups is 1. The maximum absolute atomic E-state index is 14.3. The third kappa shape index (κ3) is 26.1. The standard InChI is InChI=1S/C45H73N13O12S3/c1-4-19-70-20-18-49-39(64)33-25-72-73-26-34(58-40(65)29(14-9-10-16-46)52-35(59)5-2)44(69)54-28(15-11-17-50-45(47)48)38(63)51-23-36(60)53-31(22-37(61)62)42(67)56-32(24-71-3)43(68)55-30(41(66)57-33)21-27-12-7-6-8-13-27/h6-8,12-13,28-34H,4-5,9-11,14-26,46H2,1-3H3,(H,49,64)(H,51,63)(H,52,59)(H,53,60)(H,54,69)(H,55,68)(H,56,67)(H,57,66)(H,58,65)(H,61,62)(H4,47,48,50)/t28-,29-,30-,31-,32-,33-,34-/m0/s1. The lowest BCUT2D eigenvalue weighted by molar-refractivity contribution is -0.141. The molecule has 408 valence electrons. The number of carbonyl (C=O) groups is 10. The van der Waals surface area contributed by atoms with Gasteiger partial charge in [0.2, 0.25) is 53.2 Å². The van der Waals surface area contributed by atoms with Gasteiger partial charge in [0.25, 0.3) is 0 Å². The van der Waals surface area contributed by atoms with Crippen molar-refractivity contribution in [2.75, 3.05) is 62.9 Å². The summed E-state index contributed by atoms with van der Waals surface area (Å²) in [7, 11) is 2.10. The number of carboxylic acids is 1. The lowest BCUT2D eigenvalue weighted by Crippen LogP contribution is -2.60. The second kappa shape index (κ2) is 36.1. The Hall–Kier alpha value is -5.84. The minimum Gasteiger partial charge on any atom is -0.481 e. The van der Waals surface area contributed by atoms with Crippen molar-refractivity contribution in [3.63, 3.8) is 0 Å². The van der Waals surface area contributed by atoms with Gasteiger partial charge in [0.1, 0.15) is 42.3 Å². The second-order valence-electron chi connectivity index (χ2n) is 16.6. The van der Waals surface area contributed by atoms with Gasteiger partial charge in [-0.15, -0.1) is 0 Å². The number of unbranched alkanes of at least 4 members (excludes halogenated alkanes) is 1. The lowest BCUT2D eigenvalue weighted by atomic mass is 10.0. The minimum absolute atomic E-state index is 0.0301. The number of ether oxygens (including phenoxy) is 1. The molecule has 1 fully saturated rings. The van der Waals surface area contributed by atoms with Crippen molar-refractivity contribution < 1.29 is 57.8 Å². The van der Waals surface area contributed by atoms with Crippen LogP contribution in [-0.2, 0) is 59.1 Å². The van der Waals surface area contributed by atoms with Crippen LogP contribution in [0, 0.1) is 0 Å². The Balaban J connectivity index is 2.72. The van der Waals surface area contributed by atoms with E-state index in [1.54, 1.807) is 43.5 Å². The number of rotatable bonds is 24. The zero-order chi connectivity index (χ0) is 54.1. The van der Waals surface area contributed by atoms with E-state index in [1.165, 1.54) is 0 Å². The predicted molar refractivity (Wildman–Crippen MR) is 279 cm³/mol. The van der Waals surface area contributed by atoms with E-state index < -0.39 is 114 Å². The van der Waals surface area contributed by atoms with Gasteiger partial charge in [-0.05, 0) is 56.9 Å². The van der Waals surface area contributed by atoms with Crippen molar-refractivity contribution in [2.45, 2.75) is 114 Å². The summed E-state index contributed by atoms with van der Waals surface area (Å²) in [5.74, 6) is -9.28. The number of hydrogen-bond donors (Lipinski definition) is 13. The normalized spacial score (nSPS) is 21.3. The zero-order valence-electron chi connectivity index (χ0n) is 41.5. The van der Waals surface area contributed by atoms with E-state index in [1.807, 2.05) is 6.92 Å². The van der Waals surface area contributed by atoms with E-state index >= 15 is 0 Å². The third-order valence-corrected chi connectivity index (χ3v) is 13.6. The number of amides is 9. The number of nitrogens with two attached hydrogens (primary N) is 3. The van der Waals surface area contributed by atoms with Crippen LogP contribution < -0.4 is 65.1 Å². The molecule has 0 unspecified atom stereocenters. The van der Waals surface area contributed by atoms with E-state index in [2.05, 4.69) is 52.8 Å². The molecule has 0 aliphatic carbocycles. The highest BCUT2D eigenvalue weighted by Crippen LogP contribution is 2.24. The van der Waals surface area contributed by atoms with Gasteiger partial charge < -0.3 is 74.9 Å². The fraction of sp³-hybridized carbons (Fsp3) is 0.622. The fourth-order valence-electron chi connectivity index (χ4n) is 6.73. The Morgan fingerprint density at radius 1 is 0.836 bits per heavy atom. The first-order chi connectivity index (χ1) is 34.9. The molecule has 7 atom stereocenters. The molecule has 2 rings (SSSR count). The zero-order valence-corrected chi connectivity index (χ0v) is 43.9. The third-order valence-electron chi connectivity index (χ3n) is 10.5. The number of thioether (sulfide) groups is 1. The number of hydrogen-bond acceptors (Lipinski definition) is 16. The molecule has 16 N–H and O–H groups in total. The van der Waals surface area contributed by atoms with Crippen LogP contribution in [0.2, 0.25) is 0 Å². The summed E-state index contributed by atoms with van der Waals surface area (Å²) in [6.07, 6.45) is 2.66. The van der Waals surface area contributed by atoms with Crippen molar-refractivity contribution in [2.24, 2.45) is 22.2 Å². The average Bonchev–Trinajstić information content (AvgIpc) is 3.35. The van der Waals surface area contributed by atoms with Crippen LogP contribution >= 0.6 is 33.3 Å². The molecule has 0 saturated carbocycles. The molecular formula is C45H73N13O12S3. The largest absolute Gasteiger partial charge is 0.481 e. The van der Waals surface area contributed by atoms with Crippen LogP contribution in [0.4, 0.5) is 0 Å². The van der Waals surface area contributed by atoms with Gasteiger partial charge in [0.15, 0.2) is 5.96 Å². The Morgan fingerprint density at radius 2 is 1.51 bits per heavy atom. The SMILES string of the molecule is CCCOCCNC(=O)[C@@H]1CSSC[C@H](NC(=O)[C@H](CCCCN)NC(=O)CC)C(=O)N[C@@H](CCCN=C(N)N)C(=O)NCC(=O)N[C@@H](CC(=O)O)C(=O)N[C@@H](CSC)C(=O)N[C@@H](Cc2ccccc2)C(=O)N1. The Morgan fingerprint density at radius 3 is 2.16 bits per heavy atom. The van der Waals surface area contributed by atoms with Crippen molar-refractivity contribution >= 4 is 98.4 Å². The quantitative estimate of drug-likeness (QED) is 0.0214. The summed E-state index contributed by atoms with van der Waals surface area (Å²) in [6, 6.07) is -0.911. The number of carbonyl (C=O) groups excluding carboxylic acids is 9. The lowest BCUT2D eigenvalue weighted by Gasteiger charge is -2.26. The summed E-state index contributed by atoms with van der Waals surface area (Å²) >= 11 is 1.15. The number of guanidine groups is 1. The van der Waals surface area contributed by atoms with Crippen LogP contribution in [0.3, 0.4) is 0 Å². The molecule has 1 aliphatic heterocycles. The minimum atomic E-state index is -1.76. The Kier molecular flexibility index (Phi) is 31.3. The van der Waals surface area contributed by atoms with Gasteiger partial charge in [-0.3, -0.25) is 52.9 Å². The molecule has 1 aromatic carbocycles. The number of aliphatic carboxylic acids is 1. The summed E-state index contributed by atoms with van der Waals surface area (Å²) in [5, 5.41) is 33.0. The van der Waals surface area contributed by atoms with Crippen LogP contribution in [-0.4, -0.2) is 175 Å². The van der Waals surface area contributed by atoms with Gasteiger partial charge in [-0.1, -0.05) is 65.8 Å². The molecule has 1 heterocycles. The molecule has 0 radical (unpaired) electrons. The number of nitrogens with zero attached hydrogens (tertiary/aromatic N) is 1. The van der Waals surface area contributed by atoms with Crippen LogP contribution in [0.1, 0.15) is 70.8 Å². The highest BCUT2D eigenvalue weighted by molar-refractivity contribution is 8.76. The predicted octanol–water partition coefficient (Wildman–Crippen LogP) is -2.89. The molecule has 28 heteroatoms. The maximum atomic E-state index is 14.3. The number of nitrogens with one attached hydrogen (secondary N) is 9. The molecule has 0 bridgehead atoms. The first-order valence-electron chi connectivity index (χ1n) is 23.9. The first kappa shape index (κ1) is 63.3. The second-order valence-corrected chi connectivity index (χ2v) is 20.0. The summed E-state index contributed by atoms with van der Waals surface area (Å²) in [5.41, 5.74) is 17.3. The number of benzene rings is 1. The van der Waals surface area contributed by atoms with E-state index in [4.69, 9.17) is 21.9 Å². The topological polar surface area (TPSA) is 399 Å². The van der Waals surface area contributed by atoms with Crippen molar-refractivity contribution in [3.8, 4) is 0 Å². The molecular weight excluding hydrogens is 1010 g/mol. The van der Waals surface area contributed by atoms with Gasteiger partial charge in [0, 0.05) is 49.8 Å². The monoisotopic (exact) mass is 1080 g/mol. The highest BCUT2D eigenvalue weighted by Gasteiger charge is 2.34.